The fraction of sp³-hybridized carbons (Fsp3) is 0. The number of aromatic nitrogens is 2. The summed E-state index contributed by atoms with van der Waals surface area (Å²) in [7, 11) is 0. The predicted molar refractivity (Wildman–Crippen MR) is 86.1 cm³/mol. The molecule has 108 valence electrons. The number of amides is 1. The fourth-order valence-electron chi connectivity index (χ4n) is 2.30. The monoisotopic (exact) mass is 309 g/mol. The highest BCUT2D eigenvalue weighted by Crippen LogP contribution is 2.28. The second-order valence-electron chi connectivity index (χ2n) is 4.78. The highest BCUT2D eigenvalue weighted by Gasteiger charge is 2.13. The van der Waals surface area contributed by atoms with Gasteiger partial charge >= 0.3 is 0 Å². The maximum Gasteiger partial charge on any atom is 0.292 e. The highest BCUT2D eigenvalue weighted by atomic mass is 32.1. The summed E-state index contributed by atoms with van der Waals surface area (Å²) in [4.78, 5) is 12.0. The molecular formula is C16H11N3O2S. The Kier molecular flexibility index (Phi) is 3.01. The largest absolute Gasteiger partial charge is 0.459 e. The molecule has 0 aliphatic carbocycles. The zero-order chi connectivity index (χ0) is 14.9. The molecule has 4 rings (SSSR count). The number of hydrogen-bond acceptors (Lipinski definition) is 4. The number of carbonyl (C=O) groups is 1. The molecule has 6 heteroatoms. The number of thiophene rings is 1. The van der Waals surface area contributed by atoms with Crippen LogP contribution in [0.4, 0.5) is 5.82 Å². The van der Waals surface area contributed by atoms with Gasteiger partial charge in [0.25, 0.3) is 5.91 Å². The van der Waals surface area contributed by atoms with Crippen molar-refractivity contribution in [2.45, 2.75) is 0 Å². The molecule has 1 aromatic carbocycles. The Bertz CT molecular complexity index is 924. The first-order valence-corrected chi connectivity index (χ1v) is 7.61. The first-order valence-electron chi connectivity index (χ1n) is 6.67. The number of anilines is 1. The van der Waals surface area contributed by atoms with Crippen molar-refractivity contribution >= 4 is 34.0 Å². The lowest BCUT2D eigenvalue weighted by molar-refractivity contribution is 0.0996. The van der Waals surface area contributed by atoms with E-state index in [0.717, 1.165) is 16.5 Å². The molecule has 0 unspecified atom stereocenters. The van der Waals surface area contributed by atoms with Gasteiger partial charge in [-0.05, 0) is 52.2 Å². The maximum atomic E-state index is 12.0. The molecule has 0 saturated heterocycles. The summed E-state index contributed by atoms with van der Waals surface area (Å²) in [6.45, 7) is 0. The number of carbonyl (C=O) groups excluding carboxylic acids is 1. The van der Waals surface area contributed by atoms with E-state index < -0.39 is 0 Å². The van der Waals surface area contributed by atoms with Gasteiger partial charge in [-0.2, -0.15) is 16.4 Å². The molecule has 0 spiro atoms. The summed E-state index contributed by atoms with van der Waals surface area (Å²) in [6, 6.07) is 11.3. The van der Waals surface area contributed by atoms with Crippen molar-refractivity contribution in [1.29, 1.82) is 0 Å². The fourth-order valence-corrected chi connectivity index (χ4v) is 2.97. The summed E-state index contributed by atoms with van der Waals surface area (Å²) in [6.07, 6.45) is 1.46. The summed E-state index contributed by atoms with van der Waals surface area (Å²) >= 11 is 1.66. The van der Waals surface area contributed by atoms with Crippen LogP contribution in [0, 0.1) is 0 Å². The van der Waals surface area contributed by atoms with Crippen molar-refractivity contribution < 1.29 is 9.21 Å². The number of H-pyrrole nitrogens is 1. The third-order valence-corrected chi connectivity index (χ3v) is 4.08. The van der Waals surface area contributed by atoms with Crippen LogP contribution < -0.4 is 5.32 Å². The van der Waals surface area contributed by atoms with Crippen LogP contribution in [-0.4, -0.2) is 16.1 Å². The van der Waals surface area contributed by atoms with Crippen LogP contribution in [0.2, 0.25) is 0 Å². The number of aromatic amines is 1. The van der Waals surface area contributed by atoms with Crippen molar-refractivity contribution in [3.8, 4) is 11.1 Å². The lowest BCUT2D eigenvalue weighted by Gasteiger charge is -2.01. The van der Waals surface area contributed by atoms with Crippen LogP contribution >= 0.6 is 11.3 Å². The average Bonchev–Trinajstić information content (AvgIpc) is 3.29. The van der Waals surface area contributed by atoms with Gasteiger partial charge in [-0.25, -0.2) is 0 Å². The zero-order valence-corrected chi connectivity index (χ0v) is 12.2. The molecule has 4 aromatic rings. The molecule has 5 nitrogen and oxygen atoms in total. The van der Waals surface area contributed by atoms with Gasteiger partial charge in [-0.15, -0.1) is 0 Å². The Morgan fingerprint density at radius 3 is 2.95 bits per heavy atom. The number of rotatable bonds is 3. The van der Waals surface area contributed by atoms with E-state index in [1.807, 2.05) is 23.6 Å². The van der Waals surface area contributed by atoms with Crippen molar-refractivity contribution in [2.75, 3.05) is 5.32 Å². The van der Waals surface area contributed by atoms with Crippen molar-refractivity contribution in [2.24, 2.45) is 0 Å². The first-order chi connectivity index (χ1) is 10.8. The van der Waals surface area contributed by atoms with Gasteiger partial charge in [0.15, 0.2) is 11.6 Å². The van der Waals surface area contributed by atoms with Crippen LogP contribution in [0.25, 0.3) is 22.0 Å². The van der Waals surface area contributed by atoms with E-state index in [0.29, 0.717) is 5.82 Å². The second-order valence-corrected chi connectivity index (χ2v) is 5.56. The Labute approximate surface area is 129 Å². The number of furan rings is 1. The Morgan fingerprint density at radius 2 is 2.18 bits per heavy atom. The molecule has 0 aliphatic heterocycles. The molecule has 0 saturated carbocycles. The summed E-state index contributed by atoms with van der Waals surface area (Å²) in [5.41, 5.74) is 3.16. The molecule has 0 radical (unpaired) electrons. The third-order valence-electron chi connectivity index (χ3n) is 3.39. The van der Waals surface area contributed by atoms with Crippen LogP contribution in [0.1, 0.15) is 10.6 Å². The minimum atomic E-state index is -0.319. The van der Waals surface area contributed by atoms with Gasteiger partial charge < -0.3 is 9.73 Å². The lowest BCUT2D eigenvalue weighted by atomic mass is 10.1. The topological polar surface area (TPSA) is 70.9 Å². The van der Waals surface area contributed by atoms with Gasteiger partial charge in [0.05, 0.1) is 11.8 Å². The summed E-state index contributed by atoms with van der Waals surface area (Å²) < 4.78 is 5.08. The molecule has 0 bridgehead atoms. The molecule has 22 heavy (non-hydrogen) atoms. The van der Waals surface area contributed by atoms with Gasteiger partial charge in [0.1, 0.15) is 0 Å². The average molecular weight is 309 g/mol. The molecule has 1 amide bonds. The van der Waals surface area contributed by atoms with Gasteiger partial charge in [-0.1, -0.05) is 6.07 Å². The molecule has 0 aliphatic rings. The maximum absolute atomic E-state index is 12.0. The van der Waals surface area contributed by atoms with Gasteiger partial charge in [0, 0.05) is 5.39 Å². The predicted octanol–water partition coefficient (Wildman–Crippen LogP) is 4.14. The normalized spacial score (nSPS) is 10.9. The zero-order valence-electron chi connectivity index (χ0n) is 11.4. The Hall–Kier alpha value is -2.86. The molecule has 3 heterocycles. The molecular weight excluding hydrogens is 298 g/mol. The van der Waals surface area contributed by atoms with Crippen LogP contribution in [-0.2, 0) is 0 Å². The minimum Gasteiger partial charge on any atom is -0.459 e. The number of nitrogens with zero attached hydrogens (tertiary/aromatic N) is 1. The van der Waals surface area contributed by atoms with Crippen molar-refractivity contribution in [3.05, 3.63) is 59.2 Å². The van der Waals surface area contributed by atoms with Crippen molar-refractivity contribution in [3.63, 3.8) is 0 Å². The molecule has 0 atom stereocenters. The quantitative estimate of drug-likeness (QED) is 0.597. The number of fused-ring (bicyclic) bond motifs is 1. The van der Waals surface area contributed by atoms with E-state index in [4.69, 9.17) is 4.42 Å². The molecule has 2 N–H and O–H groups in total. The van der Waals surface area contributed by atoms with Crippen LogP contribution in [0.5, 0.6) is 0 Å². The summed E-state index contributed by atoms with van der Waals surface area (Å²) in [5.74, 6) is 0.430. The summed E-state index contributed by atoms with van der Waals surface area (Å²) in [5, 5.41) is 14.9. The van der Waals surface area contributed by atoms with E-state index in [2.05, 4.69) is 27.0 Å². The van der Waals surface area contributed by atoms with Crippen LogP contribution in [0.3, 0.4) is 0 Å². The highest BCUT2D eigenvalue weighted by molar-refractivity contribution is 7.08. The van der Waals surface area contributed by atoms with Crippen LogP contribution in [0.15, 0.2) is 57.8 Å². The SMILES string of the molecule is O=C(Nc1n[nH]c2cc(-c3ccsc3)ccc12)c1ccco1. The lowest BCUT2D eigenvalue weighted by Crippen LogP contribution is -2.11. The second kappa shape index (κ2) is 5.16. The number of hydrogen-bond donors (Lipinski definition) is 2. The van der Waals surface area contributed by atoms with Crippen molar-refractivity contribution in [1.82, 2.24) is 10.2 Å². The molecule has 0 fully saturated rings. The number of nitrogens with one attached hydrogen (secondary N) is 2. The standard InChI is InChI=1S/C16H11N3O2S/c20-16(14-2-1-6-21-14)17-15-12-4-3-10(8-13(12)18-19-15)11-5-7-22-9-11/h1-9H,(H2,17,18,19,20). The van der Waals surface area contributed by atoms with E-state index in [9.17, 15) is 4.79 Å². The van der Waals surface area contributed by atoms with E-state index in [1.165, 1.54) is 11.8 Å². The Balaban J connectivity index is 1.67. The van der Waals surface area contributed by atoms with E-state index >= 15 is 0 Å². The van der Waals surface area contributed by atoms with Gasteiger partial charge in [0.2, 0.25) is 0 Å². The smallest absolute Gasteiger partial charge is 0.292 e. The van der Waals surface area contributed by atoms with Gasteiger partial charge in [-0.3, -0.25) is 9.89 Å². The Morgan fingerprint density at radius 1 is 1.23 bits per heavy atom. The minimum absolute atomic E-state index is 0.256. The molecule has 3 aromatic heterocycles. The third kappa shape index (κ3) is 2.19. The van der Waals surface area contributed by atoms with E-state index in [-0.39, 0.29) is 11.7 Å². The van der Waals surface area contributed by atoms with E-state index in [1.54, 1.807) is 23.5 Å². The number of benzene rings is 1. The first kappa shape index (κ1) is 12.8.